The van der Waals surface area contributed by atoms with Crippen molar-refractivity contribution >= 4 is 107 Å². The van der Waals surface area contributed by atoms with Crippen LogP contribution in [0.15, 0.2) is 83.3 Å². The molecule has 0 spiro atoms. The fraction of sp³-hybridized carbons (Fsp3) is 0.397. The van der Waals surface area contributed by atoms with Crippen molar-refractivity contribution in [2.24, 2.45) is 38.7 Å². The van der Waals surface area contributed by atoms with Crippen LogP contribution in [-0.4, -0.2) is 165 Å². The third-order valence-corrected chi connectivity index (χ3v) is 15.0. The van der Waals surface area contributed by atoms with E-state index in [1.54, 1.807) is 60.8 Å². The van der Waals surface area contributed by atoms with Crippen molar-refractivity contribution in [1.29, 1.82) is 0 Å². The highest BCUT2D eigenvalue weighted by atomic mass is 32.1. The number of H-pyrrole nitrogens is 2. The number of imidazole rings is 1. The molecule has 5 aromatic rings. The van der Waals surface area contributed by atoms with Crippen LogP contribution < -0.4 is 76.5 Å². The molecular formula is C58H74F5N19O10S2. The number of nitrogens with two attached hydrogens (primary N) is 5. The first-order chi connectivity index (χ1) is 44.6. The van der Waals surface area contributed by atoms with Gasteiger partial charge in [0.25, 0.3) is 0 Å². The average Bonchev–Trinajstić information content (AvgIpc) is 0.814. The number of guanidine groups is 2. The summed E-state index contributed by atoms with van der Waals surface area (Å²) in [5, 5.41) is 22.9. The summed E-state index contributed by atoms with van der Waals surface area (Å²) in [6, 6.07) is 1.51. The second-order valence-electron chi connectivity index (χ2n) is 21.4. The minimum Gasteiger partial charge on any atom is -0.370 e. The number of carbonyl (C=O) groups is 10. The van der Waals surface area contributed by atoms with Gasteiger partial charge in [-0.05, 0) is 49.8 Å². The fourth-order valence-corrected chi connectivity index (χ4v) is 9.89. The standard InChI is InChI=1S/C58H74F5N19O10S2/c1-27(74-56(92)42(25-94)82-51(87)36(15-9-17-71-58(67)68)77-55(91)40(75-28(2)83)21-33-43(59)45(61)47(63)46(62)44(33)60)49(85)78-39(20-31-23-69-26-73-31)54(90)79-37(18-29-10-4-3-5-11-29)52(88)76-35(14-8-16-70-57(65)66)50(86)80-38(53(89)81-41(24-93)48(64)84)19-30-22-72-34-13-7-6-12-32(30)34/h3-7,10-13,22-23,26-27,35-42,72,93-94H,8-9,14-21,24-25H2,1-2H3,(H2,64,84)(H,69,73)(H,74,92)(H,75,83)(H,76,88)(H,77,91)(H,78,85)(H,79,90)(H,80,86)(H,81,89)(H,82,87)(H4,65,66,70)(H4,67,68,71)/t27-,35+,36+,37-,38+,39+,40+,41+,42+/m1/s1. The molecule has 9 atom stereocenters. The number of aromatic amines is 2. The smallest absolute Gasteiger partial charge is 0.244 e. The van der Waals surface area contributed by atoms with Gasteiger partial charge in [-0.15, -0.1) is 0 Å². The van der Waals surface area contributed by atoms with Crippen molar-refractivity contribution in [2.75, 3.05) is 24.6 Å². The number of aliphatic imine (C=N–C) groups is 2. The Morgan fingerprint density at radius 2 is 0.936 bits per heavy atom. The zero-order valence-electron chi connectivity index (χ0n) is 50.7. The lowest BCUT2D eigenvalue weighted by molar-refractivity contribution is -0.135. The van der Waals surface area contributed by atoms with E-state index in [9.17, 15) is 69.9 Å². The van der Waals surface area contributed by atoms with Gasteiger partial charge < -0.3 is 86.5 Å². The van der Waals surface area contributed by atoms with E-state index < -0.39 is 160 Å². The first-order valence-electron chi connectivity index (χ1n) is 29.0. The van der Waals surface area contributed by atoms with Crippen LogP contribution in [0.25, 0.3) is 10.9 Å². The number of thiol groups is 2. The monoisotopic (exact) mass is 1360 g/mol. The quantitative estimate of drug-likeness (QED) is 0.00382. The topological polar surface area (TPSA) is 478 Å². The van der Waals surface area contributed by atoms with Crippen molar-refractivity contribution in [3.05, 3.63) is 125 Å². The van der Waals surface area contributed by atoms with E-state index in [1.165, 1.54) is 19.4 Å². The number of aromatic nitrogens is 3. The van der Waals surface area contributed by atoms with Crippen LogP contribution in [0.5, 0.6) is 0 Å². The zero-order chi connectivity index (χ0) is 69.3. The third kappa shape index (κ3) is 22.4. The molecule has 0 aliphatic carbocycles. The Morgan fingerprint density at radius 3 is 1.44 bits per heavy atom. The molecule has 0 unspecified atom stereocenters. The molecular weight excluding hydrogens is 1280 g/mol. The largest absolute Gasteiger partial charge is 0.370 e. The Hall–Kier alpha value is -10.0. The number of fused-ring (bicyclic) bond motifs is 1. The molecule has 36 heteroatoms. The number of carbonyl (C=O) groups excluding carboxylic acids is 10. The van der Waals surface area contributed by atoms with Gasteiger partial charge in [0.2, 0.25) is 64.9 Å². The summed E-state index contributed by atoms with van der Waals surface area (Å²) < 4.78 is 71.8. The van der Waals surface area contributed by atoms with Gasteiger partial charge in [-0.1, -0.05) is 48.5 Å². The molecule has 2 aromatic heterocycles. The molecule has 0 saturated carbocycles. The van der Waals surface area contributed by atoms with Crippen LogP contribution >= 0.6 is 25.3 Å². The minimum atomic E-state index is -2.48. The van der Waals surface area contributed by atoms with Crippen LogP contribution in [0.2, 0.25) is 0 Å². The number of hydrogen-bond acceptors (Lipinski definition) is 15. The summed E-state index contributed by atoms with van der Waals surface area (Å²) in [6.07, 6.45) is 1.93. The highest BCUT2D eigenvalue weighted by Gasteiger charge is 2.36. The molecule has 0 aliphatic heterocycles. The van der Waals surface area contributed by atoms with Crippen molar-refractivity contribution < 1.29 is 69.9 Å². The maximum atomic E-state index is 14.8. The summed E-state index contributed by atoms with van der Waals surface area (Å²) in [7, 11) is 0. The number of halogens is 5. The van der Waals surface area contributed by atoms with E-state index in [-0.39, 0.29) is 75.7 Å². The van der Waals surface area contributed by atoms with Crippen molar-refractivity contribution in [3.63, 3.8) is 0 Å². The third-order valence-electron chi connectivity index (χ3n) is 14.2. The first-order valence-corrected chi connectivity index (χ1v) is 30.3. The highest BCUT2D eigenvalue weighted by Crippen LogP contribution is 2.25. The van der Waals surface area contributed by atoms with Gasteiger partial charge in [0.05, 0.1) is 6.33 Å². The number of nitrogens with zero attached hydrogens (tertiary/aromatic N) is 3. The van der Waals surface area contributed by atoms with E-state index in [2.05, 4.69) is 92.7 Å². The summed E-state index contributed by atoms with van der Waals surface area (Å²) in [6.45, 7) is 1.95. The highest BCUT2D eigenvalue weighted by molar-refractivity contribution is 7.80. The number of rotatable bonds is 36. The molecule has 5 rings (SSSR count). The van der Waals surface area contributed by atoms with Gasteiger partial charge in [0.1, 0.15) is 54.4 Å². The number of nitrogens with one attached hydrogen (secondary N) is 11. The van der Waals surface area contributed by atoms with Crippen molar-refractivity contribution in [1.82, 2.24) is 62.8 Å². The Labute approximate surface area is 545 Å². The number of hydrogen-bond donors (Lipinski definition) is 18. The minimum absolute atomic E-state index is 0.00839. The number of benzene rings is 3. The van der Waals surface area contributed by atoms with Gasteiger partial charge in [-0.3, -0.25) is 57.9 Å². The molecule has 0 radical (unpaired) electrons. The van der Waals surface area contributed by atoms with E-state index in [4.69, 9.17) is 28.7 Å². The van der Waals surface area contributed by atoms with Crippen molar-refractivity contribution in [3.8, 4) is 0 Å². The van der Waals surface area contributed by atoms with E-state index in [0.717, 1.165) is 17.8 Å². The predicted molar refractivity (Wildman–Crippen MR) is 340 cm³/mol. The molecule has 29 nitrogen and oxygen atoms in total. The normalized spacial score (nSPS) is 13.9. The Kier molecular flexibility index (Phi) is 28.9. The lowest BCUT2D eigenvalue weighted by Gasteiger charge is -2.27. The first kappa shape index (κ1) is 74.7. The molecule has 0 saturated heterocycles. The molecule has 0 fully saturated rings. The molecule has 508 valence electrons. The Balaban J connectivity index is 1.37. The molecule has 10 amide bonds. The van der Waals surface area contributed by atoms with Crippen LogP contribution in [0.3, 0.4) is 0 Å². The molecule has 0 bridgehead atoms. The number of amides is 10. The van der Waals surface area contributed by atoms with Crippen LogP contribution in [0.4, 0.5) is 22.0 Å². The van der Waals surface area contributed by atoms with Crippen LogP contribution in [0.1, 0.15) is 61.9 Å². The predicted octanol–water partition coefficient (Wildman–Crippen LogP) is -2.29. The van der Waals surface area contributed by atoms with Gasteiger partial charge >= 0.3 is 0 Å². The maximum Gasteiger partial charge on any atom is 0.244 e. The molecule has 94 heavy (non-hydrogen) atoms. The lowest BCUT2D eigenvalue weighted by atomic mass is 10.0. The second kappa shape index (κ2) is 36.3. The van der Waals surface area contributed by atoms with E-state index in [1.807, 2.05) is 5.32 Å². The average molecular weight is 1360 g/mol. The van der Waals surface area contributed by atoms with E-state index >= 15 is 0 Å². The second-order valence-corrected chi connectivity index (χ2v) is 22.1. The van der Waals surface area contributed by atoms with E-state index in [0.29, 0.717) is 16.8 Å². The molecule has 2 heterocycles. The maximum absolute atomic E-state index is 14.8. The van der Waals surface area contributed by atoms with Crippen molar-refractivity contribution in [2.45, 2.75) is 120 Å². The van der Waals surface area contributed by atoms with Crippen LogP contribution in [0, 0.1) is 29.1 Å². The fourth-order valence-electron chi connectivity index (χ4n) is 9.36. The zero-order valence-corrected chi connectivity index (χ0v) is 52.5. The Morgan fingerprint density at radius 1 is 0.500 bits per heavy atom. The SMILES string of the molecule is CC(=O)N[C@@H](Cc1c(F)c(F)c(F)c(F)c1F)C(=O)N[C@@H](CCCN=C(N)N)C(=O)N[C@@H](CS)C(=O)N[C@H](C)C(=O)N[C@@H](Cc1cnc[nH]1)C(=O)N[C@H](Cc1ccccc1)C(=O)N[C@@H](CCCN=C(N)N)C(=O)N[C@@H](Cc1c[nH]c2ccccc12)C(=O)N[C@@H](CS)C(N)=O. The summed E-state index contributed by atoms with van der Waals surface area (Å²) in [4.78, 5) is 156. The molecule has 3 aromatic carbocycles. The van der Waals surface area contributed by atoms with Crippen LogP contribution in [-0.2, 0) is 73.6 Å². The van der Waals surface area contributed by atoms with Gasteiger partial charge in [0.15, 0.2) is 35.2 Å². The van der Waals surface area contributed by atoms with Gasteiger partial charge in [-0.25, -0.2) is 26.9 Å². The Bertz CT molecular complexity index is 3530. The van der Waals surface area contributed by atoms with Gasteiger partial charge in [0, 0.05) is 91.8 Å². The molecule has 21 N–H and O–H groups in total. The molecule has 0 aliphatic rings. The lowest BCUT2D eigenvalue weighted by Crippen LogP contribution is -2.61. The summed E-state index contributed by atoms with van der Waals surface area (Å²) >= 11 is 8.32. The number of primary amides is 1. The number of para-hydroxylation sites is 1. The van der Waals surface area contributed by atoms with Gasteiger partial charge in [-0.2, -0.15) is 25.3 Å². The summed E-state index contributed by atoms with van der Waals surface area (Å²) in [5.74, 6) is -22.9. The summed E-state index contributed by atoms with van der Waals surface area (Å²) in [5.41, 5.74) is 28.2.